The van der Waals surface area contributed by atoms with E-state index in [-0.39, 0.29) is 6.04 Å². The lowest BCUT2D eigenvalue weighted by Gasteiger charge is -2.26. The van der Waals surface area contributed by atoms with Crippen LogP contribution in [0.4, 0.5) is 0 Å². The molecular weight excluding hydrogens is 316 g/mol. The van der Waals surface area contributed by atoms with E-state index in [2.05, 4.69) is 15.0 Å². The fraction of sp³-hybridized carbons (Fsp3) is 0.500. The van der Waals surface area contributed by atoms with Gasteiger partial charge in [0.2, 0.25) is 0 Å². The van der Waals surface area contributed by atoms with E-state index in [1.807, 2.05) is 17.8 Å². The van der Waals surface area contributed by atoms with Crippen molar-refractivity contribution in [2.24, 2.45) is 7.05 Å². The van der Waals surface area contributed by atoms with Crippen LogP contribution in [0.1, 0.15) is 24.6 Å². The van der Waals surface area contributed by atoms with Gasteiger partial charge in [0.1, 0.15) is 5.69 Å². The van der Waals surface area contributed by atoms with Gasteiger partial charge in [-0.3, -0.25) is 4.98 Å². The average Bonchev–Trinajstić information content (AvgIpc) is 3.16. The molecule has 124 valence electrons. The Balaban J connectivity index is 1.97. The van der Waals surface area contributed by atoms with Crippen molar-refractivity contribution in [1.29, 1.82) is 0 Å². The highest BCUT2D eigenvalue weighted by molar-refractivity contribution is 7.86. The maximum Gasteiger partial charge on any atom is 0.282 e. The van der Waals surface area contributed by atoms with E-state index >= 15 is 0 Å². The molecule has 8 nitrogen and oxygen atoms in total. The van der Waals surface area contributed by atoms with Crippen molar-refractivity contribution < 1.29 is 8.42 Å². The lowest BCUT2D eigenvalue weighted by Crippen LogP contribution is -2.39. The largest absolute Gasteiger partial charge is 0.333 e. The molecule has 1 saturated heterocycles. The monoisotopic (exact) mass is 336 g/mol. The molecule has 3 heterocycles. The fourth-order valence-electron chi connectivity index (χ4n) is 2.78. The molecule has 0 aliphatic carbocycles. The van der Waals surface area contributed by atoms with Gasteiger partial charge in [-0.2, -0.15) is 17.0 Å². The zero-order valence-corrected chi connectivity index (χ0v) is 14.2. The van der Waals surface area contributed by atoms with Crippen molar-refractivity contribution in [2.75, 3.05) is 20.6 Å². The van der Waals surface area contributed by atoms with E-state index in [4.69, 9.17) is 0 Å². The van der Waals surface area contributed by atoms with Gasteiger partial charge in [0.05, 0.1) is 24.1 Å². The van der Waals surface area contributed by atoms with Crippen molar-refractivity contribution in [3.63, 3.8) is 0 Å². The van der Waals surface area contributed by atoms with Gasteiger partial charge in [0.15, 0.2) is 5.82 Å². The standard InChI is InChI=1S/C14H20N6O2S/c1-18(2)23(21,22)20-7-4-5-13(20)11-9-15-10-12(17-11)14-16-6-8-19(14)3/h6,8-10,13H,4-5,7H2,1-3H3/t13-/m0/s1. The molecule has 1 aliphatic rings. The third-order valence-electron chi connectivity index (χ3n) is 4.01. The number of imidazole rings is 1. The van der Waals surface area contributed by atoms with Crippen molar-refractivity contribution >= 4 is 10.2 Å². The molecule has 0 saturated carbocycles. The molecule has 1 atom stereocenters. The Hall–Kier alpha value is -1.84. The van der Waals surface area contributed by atoms with Gasteiger partial charge in [-0.15, -0.1) is 0 Å². The Morgan fingerprint density at radius 2 is 2.09 bits per heavy atom. The molecule has 0 spiro atoms. The minimum atomic E-state index is -3.47. The highest BCUT2D eigenvalue weighted by Gasteiger charge is 2.37. The molecule has 2 aromatic rings. The van der Waals surface area contributed by atoms with Gasteiger partial charge in [-0.25, -0.2) is 9.97 Å². The van der Waals surface area contributed by atoms with Crippen LogP contribution in [0.3, 0.4) is 0 Å². The van der Waals surface area contributed by atoms with Crippen LogP contribution in [-0.4, -0.2) is 57.2 Å². The molecule has 2 aromatic heterocycles. The summed E-state index contributed by atoms with van der Waals surface area (Å²) < 4.78 is 29.5. The smallest absolute Gasteiger partial charge is 0.282 e. The fourth-order valence-corrected chi connectivity index (χ4v) is 4.10. The Morgan fingerprint density at radius 3 is 2.74 bits per heavy atom. The molecule has 0 aromatic carbocycles. The number of rotatable bonds is 4. The van der Waals surface area contributed by atoms with Gasteiger partial charge in [0, 0.05) is 40.1 Å². The Kier molecular flexibility index (Phi) is 4.17. The lowest BCUT2D eigenvalue weighted by molar-refractivity contribution is 0.357. The van der Waals surface area contributed by atoms with E-state index in [1.54, 1.807) is 32.7 Å². The van der Waals surface area contributed by atoms with Gasteiger partial charge in [0.25, 0.3) is 10.2 Å². The van der Waals surface area contributed by atoms with Crippen molar-refractivity contribution in [3.05, 3.63) is 30.5 Å². The van der Waals surface area contributed by atoms with E-state index in [1.165, 1.54) is 8.61 Å². The lowest BCUT2D eigenvalue weighted by atomic mass is 10.1. The number of hydrogen-bond donors (Lipinski definition) is 0. The second-order valence-corrected chi connectivity index (χ2v) is 7.84. The molecule has 9 heteroatoms. The van der Waals surface area contributed by atoms with E-state index in [0.29, 0.717) is 23.8 Å². The normalized spacial score (nSPS) is 19.6. The Labute approximate surface area is 136 Å². The predicted octanol–water partition coefficient (Wildman–Crippen LogP) is 0.820. The molecule has 23 heavy (non-hydrogen) atoms. The highest BCUT2D eigenvalue weighted by Crippen LogP contribution is 2.34. The maximum atomic E-state index is 12.5. The summed E-state index contributed by atoms with van der Waals surface area (Å²) in [5.74, 6) is 0.708. The molecule has 1 aliphatic heterocycles. The first-order chi connectivity index (χ1) is 10.9. The number of hydrogen-bond acceptors (Lipinski definition) is 5. The van der Waals surface area contributed by atoms with Crippen LogP contribution in [0.2, 0.25) is 0 Å². The van der Waals surface area contributed by atoms with Crippen molar-refractivity contribution in [2.45, 2.75) is 18.9 Å². The van der Waals surface area contributed by atoms with Gasteiger partial charge in [-0.05, 0) is 12.8 Å². The van der Waals surface area contributed by atoms with Crippen LogP contribution in [0.25, 0.3) is 11.5 Å². The van der Waals surface area contributed by atoms with Gasteiger partial charge >= 0.3 is 0 Å². The zero-order valence-electron chi connectivity index (χ0n) is 13.4. The third kappa shape index (κ3) is 2.87. The van der Waals surface area contributed by atoms with Crippen LogP contribution in [0.5, 0.6) is 0 Å². The summed E-state index contributed by atoms with van der Waals surface area (Å²) in [6, 6.07) is -0.282. The summed E-state index contributed by atoms with van der Waals surface area (Å²) in [7, 11) is 1.50. The predicted molar refractivity (Wildman–Crippen MR) is 85.5 cm³/mol. The molecule has 0 bridgehead atoms. The molecule has 1 fully saturated rings. The number of nitrogens with zero attached hydrogens (tertiary/aromatic N) is 6. The molecule has 3 rings (SSSR count). The summed E-state index contributed by atoms with van der Waals surface area (Å²) >= 11 is 0. The first-order valence-electron chi connectivity index (χ1n) is 7.40. The third-order valence-corrected chi connectivity index (χ3v) is 5.96. The summed E-state index contributed by atoms with van der Waals surface area (Å²) in [5, 5.41) is 0. The van der Waals surface area contributed by atoms with Crippen LogP contribution in [0, 0.1) is 0 Å². The average molecular weight is 336 g/mol. The Bertz CT molecular complexity index is 801. The van der Waals surface area contributed by atoms with Crippen LogP contribution < -0.4 is 0 Å². The molecule has 0 radical (unpaired) electrons. The highest BCUT2D eigenvalue weighted by atomic mass is 32.2. The summed E-state index contributed by atoms with van der Waals surface area (Å²) in [5.41, 5.74) is 1.30. The van der Waals surface area contributed by atoms with E-state index in [9.17, 15) is 8.42 Å². The second kappa shape index (κ2) is 5.99. The summed E-state index contributed by atoms with van der Waals surface area (Å²) in [6.07, 6.45) is 8.37. The minimum Gasteiger partial charge on any atom is -0.333 e. The molecule has 0 N–H and O–H groups in total. The van der Waals surface area contributed by atoms with Gasteiger partial charge in [-0.1, -0.05) is 0 Å². The summed E-state index contributed by atoms with van der Waals surface area (Å²) in [4.78, 5) is 13.1. The summed E-state index contributed by atoms with van der Waals surface area (Å²) in [6.45, 7) is 0.499. The van der Waals surface area contributed by atoms with Gasteiger partial charge < -0.3 is 4.57 Å². The van der Waals surface area contributed by atoms with Crippen LogP contribution >= 0.6 is 0 Å². The maximum absolute atomic E-state index is 12.5. The number of aromatic nitrogens is 4. The molecule has 0 amide bonds. The number of aryl methyl sites for hydroxylation is 1. The second-order valence-electron chi connectivity index (χ2n) is 5.75. The molecular formula is C14H20N6O2S. The van der Waals surface area contributed by atoms with Crippen molar-refractivity contribution in [3.8, 4) is 11.5 Å². The first kappa shape index (κ1) is 16.0. The Morgan fingerprint density at radius 1 is 1.30 bits per heavy atom. The van der Waals surface area contributed by atoms with E-state index < -0.39 is 10.2 Å². The van der Waals surface area contributed by atoms with Crippen LogP contribution in [-0.2, 0) is 17.3 Å². The van der Waals surface area contributed by atoms with E-state index in [0.717, 1.165) is 12.8 Å². The minimum absolute atomic E-state index is 0.282. The topological polar surface area (TPSA) is 84.2 Å². The molecule has 0 unspecified atom stereocenters. The zero-order chi connectivity index (χ0) is 16.6. The first-order valence-corrected chi connectivity index (χ1v) is 8.80. The van der Waals surface area contributed by atoms with Crippen molar-refractivity contribution in [1.82, 2.24) is 28.1 Å². The SMILES string of the molecule is CN(C)S(=O)(=O)N1CCC[C@H]1c1cncc(-c2nccn2C)n1. The van der Waals surface area contributed by atoms with Crippen LogP contribution in [0.15, 0.2) is 24.8 Å². The quantitative estimate of drug-likeness (QED) is 0.825.